The molecular weight excluding hydrogens is 388 g/mol. The van der Waals surface area contributed by atoms with E-state index < -0.39 is 41.8 Å². The van der Waals surface area contributed by atoms with Crippen LogP contribution in [0.2, 0.25) is 5.02 Å². The molecule has 0 aliphatic heterocycles. The standard InChI is InChI=1S/C23H23ClN2O3/c24-20-8-2-6-18(13-20)22(27)15-25-10-11-26-21-9-3-5-17(14-21)16-4-1-7-19(12-16)23(28)29/h1-9,12-14,22,25-27H,10-11,15H2,(H,28,29)/t22-/m0/s1/i2D,6D,8D,13D,22D. The zero-order valence-corrected chi connectivity index (χ0v) is 16.2. The molecular formula is C23H23ClN2O3. The summed E-state index contributed by atoms with van der Waals surface area (Å²) in [6.07, 6.45) is -2.38. The third kappa shape index (κ3) is 6.06. The smallest absolute Gasteiger partial charge is 0.335 e. The number of hydrogen-bond acceptors (Lipinski definition) is 4. The Kier molecular flexibility index (Phi) is 5.22. The van der Waals surface area contributed by atoms with Gasteiger partial charge in [0.25, 0.3) is 0 Å². The first-order valence-electron chi connectivity index (χ1n) is 11.4. The monoisotopic (exact) mass is 415 g/mol. The van der Waals surface area contributed by atoms with Gasteiger partial charge < -0.3 is 20.8 Å². The molecule has 5 nitrogen and oxygen atoms in total. The number of anilines is 1. The van der Waals surface area contributed by atoms with E-state index in [4.69, 9.17) is 18.5 Å². The van der Waals surface area contributed by atoms with Gasteiger partial charge in [-0.2, -0.15) is 0 Å². The molecule has 0 unspecified atom stereocenters. The van der Waals surface area contributed by atoms with E-state index >= 15 is 0 Å². The van der Waals surface area contributed by atoms with Crippen molar-refractivity contribution < 1.29 is 21.9 Å². The topological polar surface area (TPSA) is 81.6 Å². The molecule has 0 aliphatic rings. The minimum absolute atomic E-state index is 0.200. The zero-order chi connectivity index (χ0) is 25.0. The molecule has 0 heterocycles. The molecule has 29 heavy (non-hydrogen) atoms. The van der Waals surface area contributed by atoms with E-state index in [9.17, 15) is 15.0 Å². The molecule has 0 saturated carbocycles. The van der Waals surface area contributed by atoms with E-state index in [-0.39, 0.29) is 17.1 Å². The molecule has 1 atom stereocenters. The van der Waals surface area contributed by atoms with Crippen LogP contribution in [0, 0.1) is 0 Å². The van der Waals surface area contributed by atoms with Crippen molar-refractivity contribution in [2.75, 3.05) is 25.0 Å². The number of carboxylic acid groups (broad SMARTS) is 1. The van der Waals surface area contributed by atoms with Crippen molar-refractivity contribution in [1.82, 2.24) is 5.32 Å². The molecule has 0 radical (unpaired) electrons. The quantitative estimate of drug-likeness (QED) is 0.388. The van der Waals surface area contributed by atoms with Crippen molar-refractivity contribution in [3.8, 4) is 11.1 Å². The zero-order valence-electron chi connectivity index (χ0n) is 20.4. The van der Waals surface area contributed by atoms with Gasteiger partial charge in [-0.15, -0.1) is 0 Å². The molecule has 0 spiro atoms. The second-order valence-electron chi connectivity index (χ2n) is 6.21. The fraction of sp³-hybridized carbons (Fsp3) is 0.174. The van der Waals surface area contributed by atoms with E-state index in [0.717, 1.165) is 16.8 Å². The summed E-state index contributed by atoms with van der Waals surface area (Å²) in [5.74, 6) is -0.997. The van der Waals surface area contributed by atoms with Gasteiger partial charge in [-0.3, -0.25) is 0 Å². The summed E-state index contributed by atoms with van der Waals surface area (Å²) in [6, 6.07) is 12.0. The van der Waals surface area contributed by atoms with Crippen molar-refractivity contribution in [3.63, 3.8) is 0 Å². The number of hydrogen-bond donors (Lipinski definition) is 4. The van der Waals surface area contributed by atoms with Gasteiger partial charge in [0.15, 0.2) is 0 Å². The number of aromatic carboxylic acids is 1. The van der Waals surface area contributed by atoms with Crippen molar-refractivity contribution in [1.29, 1.82) is 0 Å². The second kappa shape index (κ2) is 10.1. The molecule has 4 N–H and O–H groups in total. The number of aliphatic hydroxyl groups is 1. The van der Waals surface area contributed by atoms with E-state index in [1.165, 1.54) is 6.07 Å². The minimum atomic E-state index is -2.38. The normalized spacial score (nSPS) is 15.3. The molecule has 0 aliphatic carbocycles. The summed E-state index contributed by atoms with van der Waals surface area (Å²) in [5.41, 5.74) is 2.18. The Bertz CT molecular complexity index is 1190. The van der Waals surface area contributed by atoms with Crippen LogP contribution in [0.15, 0.2) is 72.7 Å². The first-order valence-corrected chi connectivity index (χ1v) is 9.28. The molecule has 3 aromatic rings. The fourth-order valence-corrected chi connectivity index (χ4v) is 2.84. The highest BCUT2D eigenvalue weighted by Gasteiger charge is 2.07. The maximum atomic E-state index is 11.2. The molecule has 0 aromatic heterocycles. The van der Waals surface area contributed by atoms with E-state index in [0.29, 0.717) is 13.1 Å². The predicted octanol–water partition coefficient (Wildman–Crippen LogP) is 4.44. The van der Waals surface area contributed by atoms with Crippen molar-refractivity contribution in [2.45, 2.75) is 6.08 Å². The van der Waals surface area contributed by atoms with Gasteiger partial charge in [-0.1, -0.05) is 48.0 Å². The molecule has 0 fully saturated rings. The molecule has 0 amide bonds. The van der Waals surface area contributed by atoms with E-state index in [1.807, 2.05) is 30.3 Å². The average Bonchev–Trinajstić information content (AvgIpc) is 2.81. The molecule has 6 heteroatoms. The Hall–Kier alpha value is -2.86. The number of nitrogens with one attached hydrogen (secondary N) is 2. The first kappa shape index (κ1) is 15.0. The van der Waals surface area contributed by atoms with Crippen LogP contribution >= 0.6 is 11.6 Å². The van der Waals surface area contributed by atoms with Gasteiger partial charge in [-0.05, 0) is 53.0 Å². The SMILES string of the molecule is [2H]c1c([2H])c(Cl)c([2H])c([C@@]([2H])(O)CNCCNc2cccc(-c3cccc(C(=O)O)c3)c2)c1[2H]. The van der Waals surface area contributed by atoms with Crippen molar-refractivity contribution >= 4 is 23.3 Å². The van der Waals surface area contributed by atoms with Gasteiger partial charge in [0.2, 0.25) is 0 Å². The van der Waals surface area contributed by atoms with Crippen molar-refractivity contribution in [3.05, 3.63) is 88.9 Å². The fourth-order valence-electron chi connectivity index (χ4n) is 2.70. The van der Waals surface area contributed by atoms with Gasteiger partial charge >= 0.3 is 5.97 Å². The summed E-state index contributed by atoms with van der Waals surface area (Å²) in [6.45, 7) is 0.437. The van der Waals surface area contributed by atoms with Crippen LogP contribution in [0.25, 0.3) is 11.1 Å². The Morgan fingerprint density at radius 3 is 2.69 bits per heavy atom. The van der Waals surface area contributed by atoms with E-state index in [1.54, 1.807) is 12.1 Å². The van der Waals surface area contributed by atoms with Crippen LogP contribution in [-0.2, 0) is 0 Å². The third-order valence-corrected chi connectivity index (χ3v) is 4.30. The van der Waals surface area contributed by atoms with Crippen LogP contribution in [0.1, 0.15) is 28.9 Å². The van der Waals surface area contributed by atoms with Gasteiger partial charge in [-0.25, -0.2) is 4.79 Å². The van der Waals surface area contributed by atoms with E-state index in [2.05, 4.69) is 10.6 Å². The Morgan fingerprint density at radius 2 is 1.90 bits per heavy atom. The number of rotatable bonds is 9. The number of halogens is 1. The summed E-state index contributed by atoms with van der Waals surface area (Å²) in [4.78, 5) is 11.2. The molecule has 0 bridgehead atoms. The van der Waals surface area contributed by atoms with Gasteiger partial charge in [0.05, 0.1) is 18.5 Å². The summed E-state index contributed by atoms with van der Waals surface area (Å²) < 4.78 is 39.5. The summed E-state index contributed by atoms with van der Waals surface area (Å²) in [7, 11) is 0. The minimum Gasteiger partial charge on any atom is -0.478 e. The van der Waals surface area contributed by atoms with Gasteiger partial charge in [0, 0.05) is 30.3 Å². The lowest BCUT2D eigenvalue weighted by molar-refractivity contribution is 0.0697. The lowest BCUT2D eigenvalue weighted by Gasteiger charge is -2.13. The highest BCUT2D eigenvalue weighted by atomic mass is 35.5. The maximum Gasteiger partial charge on any atom is 0.335 e. The Balaban J connectivity index is 1.60. The van der Waals surface area contributed by atoms with Crippen LogP contribution in [-0.4, -0.2) is 35.8 Å². The van der Waals surface area contributed by atoms with Crippen LogP contribution in [0.4, 0.5) is 5.69 Å². The van der Waals surface area contributed by atoms with Crippen LogP contribution in [0.5, 0.6) is 0 Å². The summed E-state index contributed by atoms with van der Waals surface area (Å²) in [5, 5.41) is 25.4. The first-order chi connectivity index (χ1) is 16.0. The van der Waals surface area contributed by atoms with Crippen LogP contribution in [0.3, 0.4) is 0 Å². The van der Waals surface area contributed by atoms with Crippen molar-refractivity contribution in [2.24, 2.45) is 0 Å². The average molecular weight is 416 g/mol. The maximum absolute atomic E-state index is 11.2. The molecule has 3 aromatic carbocycles. The van der Waals surface area contributed by atoms with Crippen LogP contribution < -0.4 is 10.6 Å². The predicted molar refractivity (Wildman–Crippen MR) is 117 cm³/mol. The Morgan fingerprint density at radius 1 is 1.14 bits per heavy atom. The highest BCUT2D eigenvalue weighted by Crippen LogP contribution is 2.23. The largest absolute Gasteiger partial charge is 0.478 e. The summed E-state index contributed by atoms with van der Waals surface area (Å²) >= 11 is 5.87. The third-order valence-electron chi connectivity index (χ3n) is 4.11. The lowest BCUT2D eigenvalue weighted by Crippen LogP contribution is -2.26. The second-order valence-corrected chi connectivity index (χ2v) is 6.58. The number of carbonyl (C=O) groups is 1. The number of benzene rings is 3. The van der Waals surface area contributed by atoms with Gasteiger partial charge in [0.1, 0.15) is 0 Å². The molecule has 150 valence electrons. The lowest BCUT2D eigenvalue weighted by atomic mass is 10.0. The molecule has 0 saturated heterocycles. The molecule has 3 rings (SSSR count). The number of carboxylic acids is 1. The Labute approximate surface area is 182 Å². The highest BCUT2D eigenvalue weighted by molar-refractivity contribution is 6.30.